The molecule has 3 aromatic rings. The van der Waals surface area contributed by atoms with Crippen LogP contribution in [0.15, 0.2) is 60.9 Å². The van der Waals surface area contributed by atoms with Crippen LogP contribution in [0.3, 0.4) is 0 Å². The van der Waals surface area contributed by atoms with Crippen molar-refractivity contribution < 1.29 is 13.6 Å². The van der Waals surface area contributed by atoms with Crippen molar-refractivity contribution in [2.45, 2.75) is 20.8 Å². The number of rotatable bonds is 5. The van der Waals surface area contributed by atoms with E-state index in [0.29, 0.717) is 17.1 Å². The number of nitrogens with one attached hydrogen (secondary N) is 1. The van der Waals surface area contributed by atoms with Crippen molar-refractivity contribution in [2.24, 2.45) is 0 Å². The number of aromatic nitrogens is 1. The summed E-state index contributed by atoms with van der Waals surface area (Å²) in [6.07, 6.45) is 3.26. The number of carbonyl (C=O) groups excluding carboxylic acids is 1. The second kappa shape index (κ2) is 8.33. The number of carbonyl (C=O) groups is 1. The summed E-state index contributed by atoms with van der Waals surface area (Å²) < 4.78 is 23.5. The van der Waals surface area contributed by atoms with Gasteiger partial charge in [-0.15, -0.1) is 0 Å². The molecule has 1 heterocycles. The highest BCUT2D eigenvalue weighted by Crippen LogP contribution is 2.34. The van der Waals surface area contributed by atoms with Gasteiger partial charge in [-0.25, -0.2) is 8.51 Å². The van der Waals surface area contributed by atoms with Crippen molar-refractivity contribution in [2.75, 3.05) is 9.62 Å². The van der Waals surface area contributed by atoms with Gasteiger partial charge in [0.2, 0.25) is 5.91 Å². The molecule has 0 saturated carbocycles. The number of hydrogen-bond donors (Lipinski definition) is 2. The summed E-state index contributed by atoms with van der Waals surface area (Å²) in [5, 5.41) is 2.71. The third-order valence-corrected chi connectivity index (χ3v) is 4.93. The molecule has 3 rings (SSSR count). The first-order valence-electron chi connectivity index (χ1n) is 8.66. The lowest BCUT2D eigenvalue weighted by molar-refractivity contribution is -0.114. The predicted octanol–water partition coefficient (Wildman–Crippen LogP) is 4.60. The van der Waals surface area contributed by atoms with Gasteiger partial charge in [-0.2, -0.15) is 0 Å². The van der Waals surface area contributed by atoms with E-state index in [4.69, 9.17) is 0 Å². The van der Waals surface area contributed by atoms with Gasteiger partial charge in [-0.1, -0.05) is 24.3 Å². The molecule has 0 aliphatic carbocycles. The minimum Gasteiger partial charge on any atom is -0.325 e. The van der Waals surface area contributed by atoms with Crippen molar-refractivity contribution in [3.05, 3.63) is 72.1 Å². The van der Waals surface area contributed by atoms with Gasteiger partial charge in [0.1, 0.15) is 0 Å². The minimum absolute atomic E-state index is 0.176. The van der Waals surface area contributed by atoms with E-state index in [9.17, 15) is 13.6 Å². The maximum Gasteiger partial charge on any atom is 0.266 e. The van der Waals surface area contributed by atoms with Crippen LogP contribution in [0.25, 0.3) is 11.1 Å². The third kappa shape index (κ3) is 4.44. The summed E-state index contributed by atoms with van der Waals surface area (Å²) in [6, 6.07) is 14.9. The zero-order valence-electron chi connectivity index (χ0n) is 15.8. The predicted molar refractivity (Wildman–Crippen MR) is 113 cm³/mol. The fourth-order valence-corrected chi connectivity index (χ4v) is 3.60. The lowest BCUT2D eigenvalue weighted by Gasteiger charge is -2.23. The molecule has 2 aromatic carbocycles. The van der Waals surface area contributed by atoms with Gasteiger partial charge >= 0.3 is 0 Å². The Balaban J connectivity index is 2.08. The number of anilines is 3. The van der Waals surface area contributed by atoms with Crippen molar-refractivity contribution in [3.8, 4) is 11.1 Å². The zero-order chi connectivity index (χ0) is 20.3. The molecule has 2 N–H and O–H groups in total. The molecule has 1 aromatic heterocycles. The summed E-state index contributed by atoms with van der Waals surface area (Å²) >= 11 is -2.24. The van der Waals surface area contributed by atoms with E-state index >= 15 is 0 Å². The Bertz CT molecular complexity index is 1050. The fraction of sp³-hybridized carbons (Fsp3) is 0.143. The van der Waals surface area contributed by atoms with Gasteiger partial charge < -0.3 is 5.32 Å². The van der Waals surface area contributed by atoms with E-state index in [0.717, 1.165) is 22.3 Å². The van der Waals surface area contributed by atoms with Crippen LogP contribution < -0.4 is 9.62 Å². The van der Waals surface area contributed by atoms with Crippen LogP contribution in [0, 0.1) is 13.8 Å². The molecule has 0 saturated heterocycles. The van der Waals surface area contributed by atoms with E-state index in [1.807, 2.05) is 56.3 Å². The Morgan fingerprint density at radius 3 is 2.54 bits per heavy atom. The van der Waals surface area contributed by atoms with Crippen molar-refractivity contribution >= 4 is 34.2 Å². The Hall–Kier alpha value is -3.03. The Labute approximate surface area is 166 Å². The van der Waals surface area contributed by atoms with Crippen LogP contribution in [0.2, 0.25) is 0 Å². The first kappa shape index (κ1) is 19.7. The summed E-state index contributed by atoms with van der Waals surface area (Å²) in [6.45, 7) is 5.26. The normalized spacial score (nSPS) is 11.7. The molecule has 0 aliphatic rings. The van der Waals surface area contributed by atoms with Crippen LogP contribution in [0.4, 0.5) is 17.1 Å². The molecule has 0 radical (unpaired) electrons. The molecular formula is C21H21N3O3S. The maximum absolute atomic E-state index is 12.2. The SMILES string of the molecule is CC(=O)Nc1cncc(-c2ccc(C)c(N(c3cccc(C)c3)S(=O)O)c2)c1. The van der Waals surface area contributed by atoms with Crippen LogP contribution in [0.1, 0.15) is 18.1 Å². The van der Waals surface area contributed by atoms with Crippen molar-refractivity contribution in [1.82, 2.24) is 4.98 Å². The molecule has 7 heteroatoms. The zero-order valence-corrected chi connectivity index (χ0v) is 16.7. The lowest BCUT2D eigenvalue weighted by Crippen LogP contribution is -2.20. The van der Waals surface area contributed by atoms with Gasteiger partial charge in [-0.3, -0.25) is 14.3 Å². The smallest absolute Gasteiger partial charge is 0.266 e. The standard InChI is InChI=1S/C21H21N3O3S/c1-14-5-4-6-20(9-14)24(28(26)27)21-11-17(8-7-15(21)2)18-10-19(13-22-12-18)23-16(3)25/h4-13H,1-3H3,(H,23,25)(H,26,27). The average molecular weight is 395 g/mol. The number of aryl methyl sites for hydroxylation is 2. The number of amides is 1. The average Bonchev–Trinajstić information content (AvgIpc) is 2.63. The second-order valence-electron chi connectivity index (χ2n) is 6.51. The molecule has 144 valence electrons. The molecule has 1 amide bonds. The highest BCUT2D eigenvalue weighted by Gasteiger charge is 2.18. The van der Waals surface area contributed by atoms with Gasteiger partial charge in [0.05, 0.1) is 23.3 Å². The van der Waals surface area contributed by atoms with Crippen LogP contribution in [0.5, 0.6) is 0 Å². The first-order chi connectivity index (χ1) is 13.3. The third-order valence-electron chi connectivity index (χ3n) is 4.21. The van der Waals surface area contributed by atoms with Crippen molar-refractivity contribution in [3.63, 3.8) is 0 Å². The van der Waals surface area contributed by atoms with Gasteiger partial charge in [0, 0.05) is 18.7 Å². The molecule has 6 nitrogen and oxygen atoms in total. The van der Waals surface area contributed by atoms with Gasteiger partial charge in [0.15, 0.2) is 0 Å². The Morgan fingerprint density at radius 2 is 1.86 bits per heavy atom. The summed E-state index contributed by atoms with van der Waals surface area (Å²) in [5.74, 6) is -0.176. The van der Waals surface area contributed by atoms with Crippen LogP contribution in [-0.2, 0) is 16.1 Å². The molecule has 1 atom stereocenters. The maximum atomic E-state index is 12.2. The summed E-state index contributed by atoms with van der Waals surface area (Å²) in [7, 11) is 0. The summed E-state index contributed by atoms with van der Waals surface area (Å²) in [4.78, 5) is 15.5. The number of nitrogens with zero attached hydrogens (tertiary/aromatic N) is 2. The molecule has 0 spiro atoms. The molecular weight excluding hydrogens is 374 g/mol. The molecule has 28 heavy (non-hydrogen) atoms. The minimum atomic E-state index is -2.24. The number of pyridine rings is 1. The van der Waals surface area contributed by atoms with E-state index in [-0.39, 0.29) is 5.91 Å². The number of hydrogen-bond acceptors (Lipinski definition) is 3. The fourth-order valence-electron chi connectivity index (χ4n) is 2.94. The van der Waals surface area contributed by atoms with E-state index < -0.39 is 11.3 Å². The topological polar surface area (TPSA) is 82.5 Å². The molecule has 1 unspecified atom stereocenters. The van der Waals surface area contributed by atoms with Crippen LogP contribution in [-0.4, -0.2) is 19.7 Å². The first-order valence-corrected chi connectivity index (χ1v) is 9.73. The monoisotopic (exact) mass is 395 g/mol. The largest absolute Gasteiger partial charge is 0.325 e. The number of benzene rings is 2. The Kier molecular flexibility index (Phi) is 5.87. The van der Waals surface area contributed by atoms with Crippen LogP contribution >= 0.6 is 0 Å². The summed E-state index contributed by atoms with van der Waals surface area (Å²) in [5.41, 5.74) is 5.31. The van der Waals surface area contributed by atoms with E-state index in [1.165, 1.54) is 11.2 Å². The quantitative estimate of drug-likeness (QED) is 0.619. The van der Waals surface area contributed by atoms with Gasteiger partial charge in [0.25, 0.3) is 11.3 Å². The molecule has 0 aliphatic heterocycles. The van der Waals surface area contributed by atoms with E-state index in [2.05, 4.69) is 10.3 Å². The lowest BCUT2D eigenvalue weighted by atomic mass is 10.0. The second-order valence-corrected chi connectivity index (χ2v) is 7.34. The van der Waals surface area contributed by atoms with Crippen molar-refractivity contribution in [1.29, 1.82) is 0 Å². The van der Waals surface area contributed by atoms with Gasteiger partial charge in [-0.05, 0) is 54.8 Å². The highest BCUT2D eigenvalue weighted by atomic mass is 32.2. The molecule has 0 fully saturated rings. The molecule has 0 bridgehead atoms. The van der Waals surface area contributed by atoms with E-state index in [1.54, 1.807) is 18.5 Å². The Morgan fingerprint density at radius 1 is 1.07 bits per heavy atom. The highest BCUT2D eigenvalue weighted by molar-refractivity contribution is 7.81.